The van der Waals surface area contributed by atoms with Gasteiger partial charge in [-0.05, 0) is 53.5 Å². The Morgan fingerprint density at radius 3 is 2.39 bits per heavy atom. The lowest BCUT2D eigenvalue weighted by molar-refractivity contribution is -0.141. The Balaban J connectivity index is 1.68. The van der Waals surface area contributed by atoms with Gasteiger partial charge in [-0.25, -0.2) is 0 Å². The predicted octanol–water partition coefficient (Wildman–Crippen LogP) is 5.84. The first-order valence-corrected chi connectivity index (χ1v) is 12.6. The van der Waals surface area contributed by atoms with Crippen molar-refractivity contribution < 1.29 is 14.0 Å². The van der Waals surface area contributed by atoms with Crippen LogP contribution in [0.15, 0.2) is 64.6 Å². The molecule has 0 aliphatic heterocycles. The summed E-state index contributed by atoms with van der Waals surface area (Å²) in [5, 5.41) is 5.19. The molecule has 0 saturated heterocycles. The van der Waals surface area contributed by atoms with Crippen LogP contribution in [0.1, 0.15) is 73.3 Å². The van der Waals surface area contributed by atoms with Crippen LogP contribution in [-0.2, 0) is 22.6 Å². The summed E-state index contributed by atoms with van der Waals surface area (Å²) in [5.74, 6) is 0.843. The minimum absolute atomic E-state index is 0.0895. The summed E-state index contributed by atoms with van der Waals surface area (Å²) in [6.07, 6.45) is 6.11. The molecule has 33 heavy (non-hydrogen) atoms. The van der Waals surface area contributed by atoms with Crippen molar-refractivity contribution in [3.8, 4) is 0 Å². The van der Waals surface area contributed by atoms with Gasteiger partial charge in [-0.2, -0.15) is 0 Å². The molecule has 1 aliphatic rings. The van der Waals surface area contributed by atoms with E-state index in [1.165, 1.54) is 5.56 Å². The summed E-state index contributed by atoms with van der Waals surface area (Å²) >= 11 is 1.55. The zero-order chi connectivity index (χ0) is 23.2. The Bertz CT molecular complexity index is 1020. The molecule has 1 N–H and O–H groups in total. The molecule has 6 heteroatoms. The van der Waals surface area contributed by atoms with Crippen LogP contribution >= 0.6 is 11.3 Å². The lowest BCUT2D eigenvalue weighted by atomic mass is 9.97. The number of thiophene rings is 1. The molecular weight excluding hydrogens is 432 g/mol. The highest BCUT2D eigenvalue weighted by molar-refractivity contribution is 7.10. The van der Waals surface area contributed by atoms with Gasteiger partial charge >= 0.3 is 0 Å². The summed E-state index contributed by atoms with van der Waals surface area (Å²) in [4.78, 5) is 29.9. The van der Waals surface area contributed by atoms with Crippen molar-refractivity contribution in [1.29, 1.82) is 0 Å². The van der Waals surface area contributed by atoms with E-state index in [2.05, 4.69) is 31.3 Å². The second-order valence-corrected chi connectivity index (χ2v) is 10.1. The molecule has 0 spiro atoms. The predicted molar refractivity (Wildman–Crippen MR) is 131 cm³/mol. The van der Waals surface area contributed by atoms with E-state index >= 15 is 0 Å². The molecule has 2 heterocycles. The number of nitrogens with zero attached hydrogens (tertiary/aromatic N) is 1. The quantitative estimate of drug-likeness (QED) is 0.433. The largest absolute Gasteiger partial charge is 0.467 e. The molecule has 2 amide bonds. The van der Waals surface area contributed by atoms with Crippen LogP contribution in [0.4, 0.5) is 0 Å². The van der Waals surface area contributed by atoms with Crippen molar-refractivity contribution in [2.75, 3.05) is 0 Å². The zero-order valence-corrected chi connectivity index (χ0v) is 20.1. The molecular formula is C27H32N2O3S. The van der Waals surface area contributed by atoms with E-state index in [4.69, 9.17) is 4.42 Å². The lowest BCUT2D eigenvalue weighted by Crippen LogP contribution is -2.46. The van der Waals surface area contributed by atoms with Crippen molar-refractivity contribution >= 4 is 23.2 Å². The van der Waals surface area contributed by atoms with Crippen molar-refractivity contribution in [2.24, 2.45) is 0 Å². The number of rotatable bonds is 9. The standard InChI is InChI=1S/C27H32N2O3S/c1-19(2)20-11-13-21(14-12-20)26(27(31)28-22-7-3-4-8-22)29(18-23-9-5-15-32-23)25(30)17-24-10-6-16-33-24/h5-6,9-16,19,22,26H,3-4,7-8,17-18H2,1-2H3,(H,28,31)/t26-/m0/s1. The van der Waals surface area contributed by atoms with Crippen LogP contribution in [0.2, 0.25) is 0 Å². The minimum atomic E-state index is -0.718. The van der Waals surface area contributed by atoms with Crippen LogP contribution in [0.3, 0.4) is 0 Å². The van der Waals surface area contributed by atoms with Crippen molar-refractivity contribution in [2.45, 2.75) is 70.5 Å². The van der Waals surface area contributed by atoms with Crippen molar-refractivity contribution in [3.63, 3.8) is 0 Å². The fourth-order valence-electron chi connectivity index (χ4n) is 4.44. The van der Waals surface area contributed by atoms with Gasteiger partial charge in [0.25, 0.3) is 0 Å². The summed E-state index contributed by atoms with van der Waals surface area (Å²) < 4.78 is 5.58. The van der Waals surface area contributed by atoms with E-state index in [1.807, 2.05) is 41.8 Å². The summed E-state index contributed by atoms with van der Waals surface area (Å²) in [5.41, 5.74) is 2.03. The molecule has 1 aliphatic carbocycles. The minimum Gasteiger partial charge on any atom is -0.467 e. The molecule has 1 atom stereocenters. The highest BCUT2D eigenvalue weighted by atomic mass is 32.1. The average molecular weight is 465 g/mol. The van der Waals surface area contributed by atoms with Crippen LogP contribution in [0, 0.1) is 0 Å². The second kappa shape index (κ2) is 10.8. The first-order chi connectivity index (χ1) is 16.0. The lowest BCUT2D eigenvalue weighted by Gasteiger charge is -2.32. The monoisotopic (exact) mass is 464 g/mol. The van der Waals surface area contributed by atoms with Gasteiger partial charge in [-0.15, -0.1) is 11.3 Å². The molecule has 1 saturated carbocycles. The third-order valence-corrected chi connectivity index (χ3v) is 7.19. The number of carbonyl (C=O) groups excluding carboxylic acids is 2. The van der Waals surface area contributed by atoms with E-state index in [-0.39, 0.29) is 30.8 Å². The summed E-state index contributed by atoms with van der Waals surface area (Å²) in [7, 11) is 0. The molecule has 0 unspecified atom stereocenters. The third-order valence-electron chi connectivity index (χ3n) is 6.31. The van der Waals surface area contributed by atoms with E-state index < -0.39 is 6.04 Å². The highest BCUT2D eigenvalue weighted by Gasteiger charge is 2.33. The highest BCUT2D eigenvalue weighted by Crippen LogP contribution is 2.28. The fourth-order valence-corrected chi connectivity index (χ4v) is 5.14. The van der Waals surface area contributed by atoms with E-state index in [1.54, 1.807) is 22.5 Å². The van der Waals surface area contributed by atoms with Gasteiger partial charge in [0.2, 0.25) is 11.8 Å². The number of carbonyl (C=O) groups is 2. The number of hydrogen-bond donors (Lipinski definition) is 1. The number of amides is 2. The first-order valence-electron chi connectivity index (χ1n) is 11.8. The van der Waals surface area contributed by atoms with E-state index in [0.717, 1.165) is 36.1 Å². The molecule has 174 valence electrons. The summed E-state index contributed by atoms with van der Waals surface area (Å²) in [6, 6.07) is 15.1. The topological polar surface area (TPSA) is 62.6 Å². The third kappa shape index (κ3) is 5.93. The summed E-state index contributed by atoms with van der Waals surface area (Å²) in [6.45, 7) is 4.53. The van der Waals surface area contributed by atoms with Gasteiger partial charge in [-0.1, -0.05) is 57.0 Å². The van der Waals surface area contributed by atoms with Crippen LogP contribution < -0.4 is 5.32 Å². The fraction of sp³-hybridized carbons (Fsp3) is 0.407. The normalized spacial score (nSPS) is 15.0. The van der Waals surface area contributed by atoms with Crippen LogP contribution in [0.5, 0.6) is 0 Å². The van der Waals surface area contributed by atoms with E-state index in [0.29, 0.717) is 11.7 Å². The second-order valence-electron chi connectivity index (χ2n) is 9.07. The maximum absolute atomic E-state index is 13.7. The number of hydrogen-bond acceptors (Lipinski definition) is 4. The Morgan fingerprint density at radius 2 is 1.79 bits per heavy atom. The Labute approximate surface area is 199 Å². The smallest absolute Gasteiger partial charge is 0.247 e. The van der Waals surface area contributed by atoms with Gasteiger partial charge in [0.15, 0.2) is 0 Å². The maximum atomic E-state index is 13.7. The average Bonchev–Trinajstić information content (AvgIpc) is 3.58. The van der Waals surface area contributed by atoms with Crippen molar-refractivity contribution in [3.05, 3.63) is 81.9 Å². The first kappa shape index (κ1) is 23.3. The molecule has 4 rings (SSSR count). The van der Waals surface area contributed by atoms with Gasteiger partial charge in [0, 0.05) is 10.9 Å². The number of nitrogens with one attached hydrogen (secondary N) is 1. The molecule has 1 fully saturated rings. The Hall–Kier alpha value is -2.86. The van der Waals surface area contributed by atoms with Crippen LogP contribution in [0.25, 0.3) is 0 Å². The van der Waals surface area contributed by atoms with E-state index in [9.17, 15) is 9.59 Å². The number of furan rings is 1. The van der Waals surface area contributed by atoms with Gasteiger partial charge in [0.1, 0.15) is 11.8 Å². The Morgan fingerprint density at radius 1 is 1.06 bits per heavy atom. The van der Waals surface area contributed by atoms with Gasteiger partial charge < -0.3 is 14.6 Å². The molecule has 5 nitrogen and oxygen atoms in total. The van der Waals surface area contributed by atoms with Gasteiger partial charge in [-0.3, -0.25) is 9.59 Å². The molecule has 2 aromatic heterocycles. The Kier molecular flexibility index (Phi) is 7.65. The molecule has 0 bridgehead atoms. The molecule has 0 radical (unpaired) electrons. The SMILES string of the molecule is CC(C)c1ccc([C@@H](C(=O)NC2CCCC2)N(Cc2ccco2)C(=O)Cc2cccs2)cc1. The van der Waals surface area contributed by atoms with Crippen LogP contribution in [-0.4, -0.2) is 22.8 Å². The maximum Gasteiger partial charge on any atom is 0.247 e. The van der Waals surface area contributed by atoms with Gasteiger partial charge in [0.05, 0.1) is 19.2 Å². The zero-order valence-electron chi connectivity index (χ0n) is 19.3. The molecule has 1 aromatic carbocycles. The number of benzene rings is 1. The van der Waals surface area contributed by atoms with Crippen molar-refractivity contribution in [1.82, 2.24) is 10.2 Å². The molecule has 3 aromatic rings.